The van der Waals surface area contributed by atoms with Crippen molar-refractivity contribution in [1.29, 1.82) is 0 Å². The molecule has 0 spiro atoms. The van der Waals surface area contributed by atoms with E-state index in [2.05, 4.69) is 11.4 Å². The molecule has 1 N–H and O–H groups in total. The van der Waals surface area contributed by atoms with Gasteiger partial charge in [0, 0.05) is 36.8 Å². The zero-order valence-electron chi connectivity index (χ0n) is 19.6. The lowest BCUT2D eigenvalue weighted by atomic mass is 9.88. The van der Waals surface area contributed by atoms with Crippen molar-refractivity contribution in [1.82, 2.24) is 4.31 Å². The first-order chi connectivity index (χ1) is 16.9. The monoisotopic (exact) mass is 492 g/mol. The zero-order valence-corrected chi connectivity index (χ0v) is 20.4. The van der Waals surface area contributed by atoms with Crippen LogP contribution in [-0.4, -0.2) is 38.9 Å². The maximum absolute atomic E-state index is 13.5. The molecule has 1 atom stereocenters. The van der Waals surface area contributed by atoms with E-state index in [-0.39, 0.29) is 16.5 Å². The van der Waals surface area contributed by atoms with Gasteiger partial charge in [0.2, 0.25) is 10.0 Å². The predicted octanol–water partition coefficient (Wildman–Crippen LogP) is 4.80. The molecule has 0 saturated carbocycles. The Morgan fingerprint density at radius 3 is 2.60 bits per heavy atom. The van der Waals surface area contributed by atoms with Gasteiger partial charge in [0.1, 0.15) is 0 Å². The number of anilines is 1. The highest BCUT2D eigenvalue weighted by Gasteiger charge is 2.32. The van der Waals surface area contributed by atoms with Crippen molar-refractivity contribution >= 4 is 21.6 Å². The van der Waals surface area contributed by atoms with Crippen molar-refractivity contribution in [3.8, 4) is 11.5 Å². The van der Waals surface area contributed by atoms with Gasteiger partial charge in [-0.2, -0.15) is 4.31 Å². The Morgan fingerprint density at radius 1 is 0.943 bits per heavy atom. The van der Waals surface area contributed by atoms with E-state index < -0.39 is 15.9 Å². The maximum Gasteiger partial charge on any atom is 0.255 e. The topological polar surface area (TPSA) is 84.9 Å². The number of hydrogen-bond donors (Lipinski definition) is 1. The second kappa shape index (κ2) is 9.71. The van der Waals surface area contributed by atoms with E-state index in [4.69, 9.17) is 9.47 Å². The third-order valence-electron chi connectivity index (χ3n) is 6.56. The Kier molecular flexibility index (Phi) is 6.49. The summed E-state index contributed by atoms with van der Waals surface area (Å²) in [6, 6.07) is 19.1. The van der Waals surface area contributed by atoms with Crippen molar-refractivity contribution in [2.24, 2.45) is 0 Å². The van der Waals surface area contributed by atoms with E-state index in [0.29, 0.717) is 30.4 Å². The Hall–Kier alpha value is -3.36. The van der Waals surface area contributed by atoms with Gasteiger partial charge in [0.05, 0.1) is 18.1 Å². The molecule has 0 aromatic heterocycles. The fourth-order valence-electron chi connectivity index (χ4n) is 4.68. The third-order valence-corrected chi connectivity index (χ3v) is 8.42. The van der Waals surface area contributed by atoms with Gasteiger partial charge < -0.3 is 14.8 Å². The van der Waals surface area contributed by atoms with Crippen molar-refractivity contribution in [3.63, 3.8) is 0 Å². The SMILES string of the molecule is CN([C@@H]1CCCc2ccccc21)S(=O)(=O)c1cccc(C(=O)Nc2ccc3c(c2)OCCCO3)c1. The first kappa shape index (κ1) is 23.4. The summed E-state index contributed by atoms with van der Waals surface area (Å²) in [7, 11) is -2.19. The standard InChI is InChI=1S/C27H28N2O5S/c1-29(24-12-5-8-19-7-2-3-11-23(19)24)35(31,32)22-10-4-9-20(17-22)27(30)28-21-13-14-25-26(18-21)34-16-6-15-33-25/h2-4,7,9-11,13-14,17-18,24H,5-6,8,12,15-16H2,1H3,(H,28,30)/t24-/m1/s1. The molecule has 0 bridgehead atoms. The van der Waals surface area contributed by atoms with Gasteiger partial charge in [-0.25, -0.2) is 8.42 Å². The summed E-state index contributed by atoms with van der Waals surface area (Å²) in [5.41, 5.74) is 3.04. The van der Waals surface area contributed by atoms with Gasteiger partial charge in [-0.3, -0.25) is 4.79 Å². The maximum atomic E-state index is 13.5. The Bertz CT molecular complexity index is 1360. The van der Waals surface area contributed by atoms with Crippen molar-refractivity contribution < 1.29 is 22.7 Å². The van der Waals surface area contributed by atoms with Crippen LogP contribution in [0.2, 0.25) is 0 Å². The van der Waals surface area contributed by atoms with Crippen LogP contribution in [0.4, 0.5) is 5.69 Å². The highest BCUT2D eigenvalue weighted by Crippen LogP contribution is 2.36. The molecule has 3 aromatic carbocycles. The van der Waals surface area contributed by atoms with Crippen molar-refractivity contribution in [2.45, 2.75) is 36.6 Å². The van der Waals surface area contributed by atoms with Gasteiger partial charge in [-0.05, 0) is 60.7 Å². The van der Waals surface area contributed by atoms with E-state index in [1.165, 1.54) is 22.0 Å². The molecule has 0 unspecified atom stereocenters. The summed E-state index contributed by atoms with van der Waals surface area (Å²) in [6.07, 6.45) is 3.44. The number of benzene rings is 3. The Labute approximate surface area is 205 Å². The van der Waals surface area contributed by atoms with Crippen LogP contribution in [0.1, 0.15) is 46.8 Å². The second-order valence-electron chi connectivity index (χ2n) is 8.82. The minimum Gasteiger partial charge on any atom is -0.490 e. The van der Waals surface area contributed by atoms with E-state index >= 15 is 0 Å². The fourth-order valence-corrected chi connectivity index (χ4v) is 6.09. The van der Waals surface area contributed by atoms with Gasteiger partial charge in [0.25, 0.3) is 5.91 Å². The molecular weight excluding hydrogens is 464 g/mol. The van der Waals surface area contributed by atoms with Crippen LogP contribution in [0.5, 0.6) is 11.5 Å². The zero-order chi connectivity index (χ0) is 24.4. The predicted molar refractivity (Wildman–Crippen MR) is 134 cm³/mol. The highest BCUT2D eigenvalue weighted by molar-refractivity contribution is 7.89. The number of nitrogens with zero attached hydrogens (tertiary/aromatic N) is 1. The normalized spacial score (nSPS) is 17.4. The van der Waals surface area contributed by atoms with E-state index in [1.807, 2.05) is 18.2 Å². The molecule has 1 heterocycles. The molecule has 2 aliphatic rings. The van der Waals surface area contributed by atoms with Crippen molar-refractivity contribution in [2.75, 3.05) is 25.6 Å². The fraction of sp³-hybridized carbons (Fsp3) is 0.296. The quantitative estimate of drug-likeness (QED) is 0.553. The minimum absolute atomic E-state index is 0.0920. The smallest absolute Gasteiger partial charge is 0.255 e. The first-order valence-electron chi connectivity index (χ1n) is 11.8. The van der Waals surface area contributed by atoms with Crippen LogP contribution in [0, 0.1) is 0 Å². The number of hydrogen-bond acceptors (Lipinski definition) is 5. The largest absolute Gasteiger partial charge is 0.490 e. The lowest BCUT2D eigenvalue weighted by Crippen LogP contribution is -2.33. The van der Waals surface area contributed by atoms with Crippen LogP contribution >= 0.6 is 0 Å². The van der Waals surface area contributed by atoms with Crippen molar-refractivity contribution in [3.05, 3.63) is 83.4 Å². The number of amides is 1. The molecule has 5 rings (SSSR count). The van der Waals surface area contributed by atoms with E-state index in [9.17, 15) is 13.2 Å². The summed E-state index contributed by atoms with van der Waals surface area (Å²) in [6.45, 7) is 1.13. The van der Waals surface area contributed by atoms with Gasteiger partial charge in [0.15, 0.2) is 11.5 Å². The summed E-state index contributed by atoms with van der Waals surface area (Å²) in [5.74, 6) is 0.814. The molecule has 1 aliphatic heterocycles. The molecule has 7 nitrogen and oxygen atoms in total. The van der Waals surface area contributed by atoms with Crippen LogP contribution < -0.4 is 14.8 Å². The number of fused-ring (bicyclic) bond motifs is 2. The molecule has 0 fully saturated rings. The molecular formula is C27H28N2O5S. The molecule has 3 aromatic rings. The molecule has 0 radical (unpaired) electrons. The summed E-state index contributed by atoms with van der Waals surface area (Å²) in [5, 5.41) is 2.83. The Balaban J connectivity index is 1.37. The summed E-state index contributed by atoms with van der Waals surface area (Å²) >= 11 is 0. The van der Waals surface area contributed by atoms with Gasteiger partial charge >= 0.3 is 0 Å². The van der Waals surface area contributed by atoms with Gasteiger partial charge in [-0.15, -0.1) is 0 Å². The number of carbonyl (C=O) groups is 1. The molecule has 1 amide bonds. The number of aryl methyl sites for hydroxylation is 1. The average Bonchev–Trinajstić information content (AvgIpc) is 3.13. The van der Waals surface area contributed by atoms with Crippen LogP contribution in [0.25, 0.3) is 0 Å². The lowest BCUT2D eigenvalue weighted by molar-refractivity contribution is 0.102. The molecule has 8 heteroatoms. The second-order valence-corrected chi connectivity index (χ2v) is 10.8. The van der Waals surface area contributed by atoms with Crippen LogP contribution in [-0.2, 0) is 16.4 Å². The molecule has 0 saturated heterocycles. The number of carbonyl (C=O) groups excluding carboxylic acids is 1. The number of nitrogens with one attached hydrogen (secondary N) is 1. The highest BCUT2D eigenvalue weighted by atomic mass is 32.2. The van der Waals surface area contributed by atoms with Gasteiger partial charge in [-0.1, -0.05) is 30.3 Å². The average molecular weight is 493 g/mol. The third kappa shape index (κ3) is 4.76. The lowest BCUT2D eigenvalue weighted by Gasteiger charge is -2.32. The number of ether oxygens (including phenoxy) is 2. The minimum atomic E-state index is -3.81. The molecule has 35 heavy (non-hydrogen) atoms. The van der Waals surface area contributed by atoms with Crippen LogP contribution in [0.15, 0.2) is 71.6 Å². The molecule has 1 aliphatic carbocycles. The number of sulfonamides is 1. The van der Waals surface area contributed by atoms with Crippen LogP contribution in [0.3, 0.4) is 0 Å². The summed E-state index contributed by atoms with van der Waals surface area (Å²) < 4.78 is 39.8. The Morgan fingerprint density at radius 2 is 1.74 bits per heavy atom. The first-order valence-corrected chi connectivity index (χ1v) is 13.2. The number of rotatable bonds is 5. The molecule has 182 valence electrons. The van der Waals surface area contributed by atoms with E-state index in [0.717, 1.165) is 31.2 Å². The van der Waals surface area contributed by atoms with E-state index in [1.54, 1.807) is 37.4 Å². The summed E-state index contributed by atoms with van der Waals surface area (Å²) in [4.78, 5) is 13.1.